The predicted octanol–water partition coefficient (Wildman–Crippen LogP) is 2.60. The zero-order chi connectivity index (χ0) is 13.1. The standard InChI is InChI=1S/C14H27NO2/c1-10-7-6-8-12(11(10)2)15-9-14(3,4)13(16)17-5/h10-12,15H,6-9H2,1-5H3. The van der Waals surface area contributed by atoms with Gasteiger partial charge in [0.25, 0.3) is 0 Å². The van der Waals surface area contributed by atoms with Crippen molar-refractivity contribution in [3.05, 3.63) is 0 Å². The molecule has 1 aliphatic rings. The van der Waals surface area contributed by atoms with Crippen LogP contribution in [0.3, 0.4) is 0 Å². The molecule has 0 aromatic carbocycles. The van der Waals surface area contributed by atoms with Gasteiger partial charge in [-0.3, -0.25) is 4.79 Å². The molecule has 1 rings (SSSR count). The third kappa shape index (κ3) is 3.70. The maximum atomic E-state index is 11.6. The van der Waals surface area contributed by atoms with Crippen molar-refractivity contribution < 1.29 is 9.53 Å². The van der Waals surface area contributed by atoms with E-state index in [1.807, 2.05) is 13.8 Å². The van der Waals surface area contributed by atoms with Gasteiger partial charge in [0.1, 0.15) is 0 Å². The summed E-state index contributed by atoms with van der Waals surface area (Å²) in [5.74, 6) is 1.33. The lowest BCUT2D eigenvalue weighted by atomic mass is 9.77. The summed E-state index contributed by atoms with van der Waals surface area (Å²) in [6.45, 7) is 9.20. The van der Waals surface area contributed by atoms with Crippen molar-refractivity contribution in [3.8, 4) is 0 Å². The predicted molar refractivity (Wildman–Crippen MR) is 69.8 cm³/mol. The molecule has 0 aromatic rings. The van der Waals surface area contributed by atoms with E-state index < -0.39 is 5.41 Å². The molecule has 0 bridgehead atoms. The highest BCUT2D eigenvalue weighted by molar-refractivity contribution is 5.76. The van der Waals surface area contributed by atoms with Crippen LogP contribution in [0.1, 0.15) is 47.0 Å². The van der Waals surface area contributed by atoms with Gasteiger partial charge < -0.3 is 10.1 Å². The number of carbonyl (C=O) groups is 1. The Morgan fingerprint density at radius 3 is 2.59 bits per heavy atom. The molecule has 17 heavy (non-hydrogen) atoms. The van der Waals surface area contributed by atoms with Gasteiger partial charge in [-0.25, -0.2) is 0 Å². The average molecular weight is 241 g/mol. The Bertz CT molecular complexity index is 263. The molecular formula is C14H27NO2. The van der Waals surface area contributed by atoms with Crippen molar-refractivity contribution in [1.29, 1.82) is 0 Å². The fourth-order valence-electron chi connectivity index (χ4n) is 2.60. The van der Waals surface area contributed by atoms with Crippen LogP contribution in [0.4, 0.5) is 0 Å². The van der Waals surface area contributed by atoms with Crippen LogP contribution in [0.2, 0.25) is 0 Å². The quantitative estimate of drug-likeness (QED) is 0.769. The molecule has 3 heteroatoms. The minimum Gasteiger partial charge on any atom is -0.469 e. The van der Waals surface area contributed by atoms with Crippen molar-refractivity contribution in [2.45, 2.75) is 53.0 Å². The number of methoxy groups -OCH3 is 1. The fraction of sp³-hybridized carbons (Fsp3) is 0.929. The van der Waals surface area contributed by atoms with E-state index >= 15 is 0 Å². The van der Waals surface area contributed by atoms with Crippen LogP contribution < -0.4 is 5.32 Å². The third-order valence-electron chi connectivity index (χ3n) is 4.25. The first kappa shape index (κ1) is 14.5. The van der Waals surface area contributed by atoms with E-state index in [-0.39, 0.29) is 5.97 Å². The van der Waals surface area contributed by atoms with Crippen LogP contribution in [-0.4, -0.2) is 25.7 Å². The molecular weight excluding hydrogens is 214 g/mol. The van der Waals surface area contributed by atoms with Crippen LogP contribution >= 0.6 is 0 Å². The Kier molecular flexibility index (Phi) is 4.99. The Morgan fingerprint density at radius 1 is 1.35 bits per heavy atom. The van der Waals surface area contributed by atoms with Crippen LogP contribution in [0.15, 0.2) is 0 Å². The van der Waals surface area contributed by atoms with E-state index in [1.54, 1.807) is 0 Å². The van der Waals surface area contributed by atoms with Gasteiger partial charge in [-0.2, -0.15) is 0 Å². The topological polar surface area (TPSA) is 38.3 Å². The maximum absolute atomic E-state index is 11.6. The van der Waals surface area contributed by atoms with Crippen LogP contribution in [0, 0.1) is 17.3 Å². The first-order valence-electron chi connectivity index (χ1n) is 6.70. The number of nitrogens with one attached hydrogen (secondary N) is 1. The molecule has 0 radical (unpaired) electrons. The molecule has 1 fully saturated rings. The van der Waals surface area contributed by atoms with Crippen LogP contribution in [0.25, 0.3) is 0 Å². The molecule has 1 saturated carbocycles. The summed E-state index contributed by atoms with van der Waals surface area (Å²) in [4.78, 5) is 11.6. The smallest absolute Gasteiger partial charge is 0.312 e. The minimum absolute atomic E-state index is 0.137. The SMILES string of the molecule is COC(=O)C(C)(C)CNC1CCCC(C)C1C. The summed E-state index contributed by atoms with van der Waals surface area (Å²) < 4.78 is 4.82. The number of carbonyl (C=O) groups excluding carboxylic acids is 1. The zero-order valence-corrected chi connectivity index (χ0v) is 11.9. The first-order valence-corrected chi connectivity index (χ1v) is 6.70. The molecule has 0 heterocycles. The molecule has 0 aromatic heterocycles. The number of hydrogen-bond acceptors (Lipinski definition) is 3. The van der Waals surface area contributed by atoms with E-state index in [9.17, 15) is 4.79 Å². The highest BCUT2D eigenvalue weighted by Gasteiger charge is 2.32. The summed E-state index contributed by atoms with van der Waals surface area (Å²) >= 11 is 0. The van der Waals surface area contributed by atoms with E-state index in [0.29, 0.717) is 18.5 Å². The minimum atomic E-state index is -0.435. The largest absolute Gasteiger partial charge is 0.469 e. The Hall–Kier alpha value is -0.570. The summed E-state index contributed by atoms with van der Waals surface area (Å²) in [7, 11) is 1.45. The highest BCUT2D eigenvalue weighted by Crippen LogP contribution is 2.30. The molecule has 3 nitrogen and oxygen atoms in total. The summed E-state index contributed by atoms with van der Waals surface area (Å²) in [6, 6.07) is 0.544. The van der Waals surface area contributed by atoms with Crippen LogP contribution in [0.5, 0.6) is 0 Å². The molecule has 0 saturated heterocycles. The Labute approximate surface area is 105 Å². The van der Waals surface area contributed by atoms with Gasteiger partial charge in [-0.05, 0) is 32.1 Å². The van der Waals surface area contributed by atoms with E-state index in [2.05, 4.69) is 19.2 Å². The normalized spacial score (nSPS) is 30.1. The monoisotopic (exact) mass is 241 g/mol. The second-order valence-electron chi connectivity index (χ2n) is 6.13. The number of rotatable bonds is 4. The van der Waals surface area contributed by atoms with E-state index in [4.69, 9.17) is 4.74 Å². The lowest BCUT2D eigenvalue weighted by Gasteiger charge is -2.36. The van der Waals surface area contributed by atoms with Gasteiger partial charge >= 0.3 is 5.97 Å². The lowest BCUT2D eigenvalue weighted by Crippen LogP contribution is -2.46. The summed E-state index contributed by atoms with van der Waals surface area (Å²) in [6.07, 6.45) is 3.85. The zero-order valence-electron chi connectivity index (χ0n) is 11.9. The van der Waals surface area contributed by atoms with E-state index in [1.165, 1.54) is 26.4 Å². The van der Waals surface area contributed by atoms with Gasteiger partial charge in [-0.15, -0.1) is 0 Å². The average Bonchev–Trinajstić information content (AvgIpc) is 2.30. The van der Waals surface area contributed by atoms with Crippen molar-refractivity contribution in [2.75, 3.05) is 13.7 Å². The van der Waals surface area contributed by atoms with Gasteiger partial charge in [-0.1, -0.05) is 26.7 Å². The first-order chi connectivity index (χ1) is 7.88. The van der Waals surface area contributed by atoms with Crippen molar-refractivity contribution in [3.63, 3.8) is 0 Å². The molecule has 3 unspecified atom stereocenters. The summed E-state index contributed by atoms with van der Waals surface area (Å²) in [5, 5.41) is 3.56. The molecule has 1 N–H and O–H groups in total. The second kappa shape index (κ2) is 5.85. The van der Waals surface area contributed by atoms with Crippen molar-refractivity contribution in [2.24, 2.45) is 17.3 Å². The molecule has 0 aliphatic heterocycles. The highest BCUT2D eigenvalue weighted by atomic mass is 16.5. The molecule has 0 amide bonds. The molecule has 0 spiro atoms. The summed E-state index contributed by atoms with van der Waals surface area (Å²) in [5.41, 5.74) is -0.435. The van der Waals surface area contributed by atoms with Crippen molar-refractivity contribution >= 4 is 5.97 Å². The maximum Gasteiger partial charge on any atom is 0.312 e. The number of hydrogen-bond donors (Lipinski definition) is 1. The second-order valence-corrected chi connectivity index (χ2v) is 6.13. The molecule has 3 atom stereocenters. The third-order valence-corrected chi connectivity index (χ3v) is 4.25. The van der Waals surface area contributed by atoms with E-state index in [0.717, 1.165) is 5.92 Å². The van der Waals surface area contributed by atoms with Crippen molar-refractivity contribution in [1.82, 2.24) is 5.32 Å². The Morgan fingerprint density at radius 2 is 2.00 bits per heavy atom. The molecule has 100 valence electrons. The number of esters is 1. The van der Waals surface area contributed by atoms with Gasteiger partial charge in [0.15, 0.2) is 0 Å². The van der Waals surface area contributed by atoms with Crippen LogP contribution in [-0.2, 0) is 9.53 Å². The van der Waals surface area contributed by atoms with Gasteiger partial charge in [0, 0.05) is 12.6 Å². The van der Waals surface area contributed by atoms with Gasteiger partial charge in [0.05, 0.1) is 12.5 Å². The number of ether oxygens (including phenoxy) is 1. The lowest BCUT2D eigenvalue weighted by molar-refractivity contribution is -0.150. The van der Waals surface area contributed by atoms with Gasteiger partial charge in [0.2, 0.25) is 0 Å². The Balaban J connectivity index is 2.47. The molecule has 1 aliphatic carbocycles. The fourth-order valence-corrected chi connectivity index (χ4v) is 2.60.